The zero-order valence-electron chi connectivity index (χ0n) is 11.5. The highest BCUT2D eigenvalue weighted by molar-refractivity contribution is 5.97. The molecule has 0 saturated heterocycles. The molecule has 0 heterocycles. The summed E-state index contributed by atoms with van der Waals surface area (Å²) in [6.45, 7) is 4.67. The summed E-state index contributed by atoms with van der Waals surface area (Å²) >= 11 is 0. The molecular weight excluding hydrogens is 262 g/mol. The van der Waals surface area contributed by atoms with Crippen molar-refractivity contribution in [1.82, 2.24) is 0 Å². The van der Waals surface area contributed by atoms with Gasteiger partial charge in [0.15, 0.2) is 5.78 Å². The molecule has 0 spiro atoms. The van der Waals surface area contributed by atoms with Crippen LogP contribution < -0.4 is 4.74 Å². The third-order valence-corrected chi connectivity index (χ3v) is 3.01. The van der Waals surface area contributed by atoms with E-state index in [1.165, 1.54) is 25.1 Å². The molecule has 0 N–H and O–H groups in total. The van der Waals surface area contributed by atoms with Gasteiger partial charge in [0.2, 0.25) is 0 Å². The normalized spacial score (nSPS) is 10.4. The first-order valence-electron chi connectivity index (χ1n) is 6.13. The van der Waals surface area contributed by atoms with Gasteiger partial charge in [-0.2, -0.15) is 0 Å². The number of carbonyl (C=O) groups is 1. The highest BCUT2D eigenvalue weighted by Crippen LogP contribution is 2.30. The van der Waals surface area contributed by atoms with Gasteiger partial charge in [-0.15, -0.1) is 0 Å². The van der Waals surface area contributed by atoms with Crippen LogP contribution in [0.25, 0.3) is 0 Å². The molecular formula is C16H14F2O2. The molecule has 0 radical (unpaired) electrons. The minimum atomic E-state index is -0.474. The highest BCUT2D eigenvalue weighted by atomic mass is 19.1. The highest BCUT2D eigenvalue weighted by Gasteiger charge is 2.14. The van der Waals surface area contributed by atoms with Gasteiger partial charge in [0.25, 0.3) is 0 Å². The first-order valence-corrected chi connectivity index (χ1v) is 6.13. The zero-order chi connectivity index (χ0) is 14.9. The number of rotatable bonds is 3. The van der Waals surface area contributed by atoms with Gasteiger partial charge in [0.05, 0.1) is 5.56 Å². The summed E-state index contributed by atoms with van der Waals surface area (Å²) in [6, 6.07) is 6.72. The molecule has 0 aliphatic heterocycles. The fourth-order valence-electron chi connectivity index (χ4n) is 1.82. The van der Waals surface area contributed by atoms with E-state index in [2.05, 4.69) is 0 Å². The van der Waals surface area contributed by atoms with Crippen molar-refractivity contribution in [2.45, 2.75) is 20.8 Å². The van der Waals surface area contributed by atoms with Crippen LogP contribution >= 0.6 is 0 Å². The van der Waals surface area contributed by atoms with Crippen molar-refractivity contribution < 1.29 is 18.3 Å². The molecule has 20 heavy (non-hydrogen) atoms. The second-order valence-electron chi connectivity index (χ2n) is 4.67. The van der Waals surface area contributed by atoms with Gasteiger partial charge in [-0.1, -0.05) is 6.07 Å². The predicted octanol–water partition coefficient (Wildman–Crippen LogP) is 4.58. The molecule has 0 unspecified atom stereocenters. The monoisotopic (exact) mass is 276 g/mol. The zero-order valence-corrected chi connectivity index (χ0v) is 11.5. The summed E-state index contributed by atoms with van der Waals surface area (Å²) in [4.78, 5) is 11.6. The van der Waals surface area contributed by atoms with E-state index in [1.807, 2.05) is 0 Å². The van der Waals surface area contributed by atoms with Gasteiger partial charge in [0, 0.05) is 6.07 Å². The summed E-state index contributed by atoms with van der Waals surface area (Å²) < 4.78 is 32.4. The van der Waals surface area contributed by atoms with E-state index in [4.69, 9.17) is 4.74 Å². The number of carbonyl (C=O) groups excluding carboxylic acids is 1. The maximum absolute atomic E-state index is 13.5. The molecule has 2 aromatic rings. The van der Waals surface area contributed by atoms with Crippen molar-refractivity contribution in [2.24, 2.45) is 0 Å². The van der Waals surface area contributed by atoms with Crippen LogP contribution in [0, 0.1) is 25.5 Å². The standard InChI is InChI=1S/C16H14F2O2/c1-9-4-5-12(17)7-15(9)20-16-6-10(2)14(18)8-13(16)11(3)19/h4-8H,1-3H3. The second-order valence-corrected chi connectivity index (χ2v) is 4.67. The van der Waals surface area contributed by atoms with Crippen LogP contribution in [0.15, 0.2) is 30.3 Å². The van der Waals surface area contributed by atoms with E-state index in [-0.39, 0.29) is 17.1 Å². The number of ketones is 1. The first-order chi connectivity index (χ1) is 9.38. The Hall–Kier alpha value is -2.23. The van der Waals surface area contributed by atoms with E-state index in [0.717, 1.165) is 11.6 Å². The molecule has 0 atom stereocenters. The lowest BCUT2D eigenvalue weighted by atomic mass is 10.1. The molecule has 0 aromatic heterocycles. The van der Waals surface area contributed by atoms with Crippen LogP contribution in [0.4, 0.5) is 8.78 Å². The summed E-state index contributed by atoms with van der Waals surface area (Å²) in [5.41, 5.74) is 1.22. The SMILES string of the molecule is CC(=O)c1cc(F)c(C)cc1Oc1cc(F)ccc1C. The third kappa shape index (κ3) is 2.85. The third-order valence-electron chi connectivity index (χ3n) is 3.01. The molecule has 2 aromatic carbocycles. The van der Waals surface area contributed by atoms with Crippen molar-refractivity contribution in [1.29, 1.82) is 0 Å². The molecule has 0 amide bonds. The van der Waals surface area contributed by atoms with Crippen LogP contribution in [0.3, 0.4) is 0 Å². The van der Waals surface area contributed by atoms with Crippen LogP contribution in [-0.2, 0) is 0 Å². The lowest BCUT2D eigenvalue weighted by molar-refractivity contribution is 0.101. The average molecular weight is 276 g/mol. The molecule has 0 aliphatic carbocycles. The Bertz CT molecular complexity index is 678. The number of halogens is 2. The Balaban J connectivity index is 2.50. The fourth-order valence-corrected chi connectivity index (χ4v) is 1.82. The summed E-state index contributed by atoms with van der Waals surface area (Å²) in [6.07, 6.45) is 0. The molecule has 104 valence electrons. The van der Waals surface area contributed by atoms with Crippen LogP contribution in [-0.4, -0.2) is 5.78 Å². The quantitative estimate of drug-likeness (QED) is 0.767. The molecule has 0 aliphatic rings. The number of ether oxygens (including phenoxy) is 1. The van der Waals surface area contributed by atoms with Crippen molar-refractivity contribution in [2.75, 3.05) is 0 Å². The van der Waals surface area contributed by atoms with E-state index in [0.29, 0.717) is 11.3 Å². The van der Waals surface area contributed by atoms with Gasteiger partial charge < -0.3 is 4.74 Å². The van der Waals surface area contributed by atoms with Gasteiger partial charge >= 0.3 is 0 Å². The summed E-state index contributed by atoms with van der Waals surface area (Å²) in [5.74, 6) is -0.691. The first kappa shape index (κ1) is 14.2. The minimum absolute atomic E-state index is 0.136. The predicted molar refractivity (Wildman–Crippen MR) is 72.4 cm³/mol. The van der Waals surface area contributed by atoms with Crippen LogP contribution in [0.2, 0.25) is 0 Å². The number of Topliss-reactive ketones (excluding diaryl/α,β-unsaturated/α-hetero) is 1. The summed E-state index contributed by atoms with van der Waals surface area (Å²) in [5, 5.41) is 0. The second kappa shape index (κ2) is 5.41. The molecule has 0 fully saturated rings. The Morgan fingerprint density at radius 1 is 1.00 bits per heavy atom. The van der Waals surface area contributed by atoms with E-state index >= 15 is 0 Å². The van der Waals surface area contributed by atoms with E-state index < -0.39 is 11.6 Å². The molecule has 2 rings (SSSR count). The Kier molecular flexibility index (Phi) is 3.84. The number of benzene rings is 2. The molecule has 0 bridgehead atoms. The topological polar surface area (TPSA) is 26.3 Å². The number of hydrogen-bond acceptors (Lipinski definition) is 2. The Labute approximate surface area is 116 Å². The van der Waals surface area contributed by atoms with Crippen LogP contribution in [0.5, 0.6) is 11.5 Å². The van der Waals surface area contributed by atoms with Crippen molar-refractivity contribution in [3.63, 3.8) is 0 Å². The van der Waals surface area contributed by atoms with Gasteiger partial charge in [-0.05, 0) is 50.1 Å². The number of hydrogen-bond donors (Lipinski definition) is 0. The van der Waals surface area contributed by atoms with Crippen molar-refractivity contribution in [3.8, 4) is 11.5 Å². The lowest BCUT2D eigenvalue weighted by Crippen LogP contribution is -2.00. The molecule has 0 saturated carbocycles. The molecule has 4 heteroatoms. The van der Waals surface area contributed by atoms with E-state index in [1.54, 1.807) is 19.9 Å². The Morgan fingerprint density at radius 2 is 1.70 bits per heavy atom. The van der Waals surface area contributed by atoms with Gasteiger partial charge in [-0.25, -0.2) is 8.78 Å². The van der Waals surface area contributed by atoms with E-state index in [9.17, 15) is 13.6 Å². The molecule has 2 nitrogen and oxygen atoms in total. The maximum Gasteiger partial charge on any atom is 0.163 e. The number of aryl methyl sites for hydroxylation is 2. The fraction of sp³-hybridized carbons (Fsp3) is 0.188. The Morgan fingerprint density at radius 3 is 2.35 bits per heavy atom. The maximum atomic E-state index is 13.5. The summed E-state index contributed by atoms with van der Waals surface area (Å²) in [7, 11) is 0. The van der Waals surface area contributed by atoms with Gasteiger partial charge in [0.1, 0.15) is 23.1 Å². The van der Waals surface area contributed by atoms with Crippen molar-refractivity contribution in [3.05, 3.63) is 58.7 Å². The minimum Gasteiger partial charge on any atom is -0.456 e. The van der Waals surface area contributed by atoms with Crippen LogP contribution in [0.1, 0.15) is 28.4 Å². The smallest absolute Gasteiger partial charge is 0.163 e. The van der Waals surface area contributed by atoms with Crippen molar-refractivity contribution >= 4 is 5.78 Å². The average Bonchev–Trinajstić information content (AvgIpc) is 2.37. The largest absolute Gasteiger partial charge is 0.456 e. The lowest BCUT2D eigenvalue weighted by Gasteiger charge is -2.13. The van der Waals surface area contributed by atoms with Gasteiger partial charge in [-0.3, -0.25) is 4.79 Å².